The Kier molecular flexibility index (Phi) is 6.40. The highest BCUT2D eigenvalue weighted by atomic mass is 16.5. The molecule has 0 unspecified atom stereocenters. The Morgan fingerprint density at radius 2 is 1.32 bits per heavy atom. The molecule has 3 aromatic carbocycles. The summed E-state index contributed by atoms with van der Waals surface area (Å²) >= 11 is 0. The maximum Gasteiger partial charge on any atom is 0.345 e. The van der Waals surface area contributed by atoms with Gasteiger partial charge in [0.1, 0.15) is 17.2 Å². The molecule has 1 aromatic heterocycles. The molecule has 8 nitrogen and oxygen atoms in total. The van der Waals surface area contributed by atoms with Crippen LogP contribution in [0.2, 0.25) is 0 Å². The van der Waals surface area contributed by atoms with Crippen molar-refractivity contribution in [2.75, 3.05) is 28.4 Å². The molecule has 0 fully saturated rings. The molecule has 0 amide bonds. The predicted octanol–water partition coefficient (Wildman–Crippen LogP) is 4.24. The number of rotatable bonds is 7. The topological polar surface area (TPSA) is 85.2 Å². The SMILES string of the molecule is COc1ccc(-n2cc(C(=O)Oc3cccc(OC)c3)c3cc(OC)c(OC)cc3c2=O)cc1. The summed E-state index contributed by atoms with van der Waals surface area (Å²) in [4.78, 5) is 26.7. The van der Waals surface area contributed by atoms with Crippen molar-refractivity contribution in [3.63, 3.8) is 0 Å². The van der Waals surface area contributed by atoms with Crippen LogP contribution < -0.4 is 29.2 Å². The number of carbonyl (C=O) groups excluding carboxylic acids is 1. The van der Waals surface area contributed by atoms with E-state index in [1.165, 1.54) is 32.1 Å². The maximum absolute atomic E-state index is 13.4. The number of methoxy groups -OCH3 is 4. The number of pyridine rings is 1. The minimum Gasteiger partial charge on any atom is -0.497 e. The van der Waals surface area contributed by atoms with Gasteiger partial charge in [-0.15, -0.1) is 0 Å². The fourth-order valence-electron chi connectivity index (χ4n) is 3.59. The van der Waals surface area contributed by atoms with Crippen LogP contribution in [-0.2, 0) is 0 Å². The highest BCUT2D eigenvalue weighted by Crippen LogP contribution is 2.33. The van der Waals surface area contributed by atoms with Crippen LogP contribution in [0, 0.1) is 0 Å². The fraction of sp³-hybridized carbons (Fsp3) is 0.154. The van der Waals surface area contributed by atoms with Crippen molar-refractivity contribution in [3.05, 3.63) is 82.8 Å². The molecule has 174 valence electrons. The van der Waals surface area contributed by atoms with Crippen molar-refractivity contribution in [3.8, 4) is 34.4 Å². The Bertz CT molecular complexity index is 1410. The van der Waals surface area contributed by atoms with Crippen molar-refractivity contribution >= 4 is 16.7 Å². The largest absolute Gasteiger partial charge is 0.497 e. The van der Waals surface area contributed by atoms with Crippen molar-refractivity contribution in [1.29, 1.82) is 0 Å². The number of aromatic nitrogens is 1. The van der Waals surface area contributed by atoms with Crippen LogP contribution in [0.3, 0.4) is 0 Å². The number of hydrogen-bond donors (Lipinski definition) is 0. The van der Waals surface area contributed by atoms with Crippen LogP contribution in [-0.4, -0.2) is 39.0 Å². The average molecular weight is 461 g/mol. The van der Waals surface area contributed by atoms with Gasteiger partial charge in [-0.05, 0) is 48.5 Å². The molecule has 0 spiro atoms. The molecule has 1 heterocycles. The Hall–Kier alpha value is -4.46. The molecule has 0 saturated heterocycles. The molecule has 0 atom stereocenters. The Morgan fingerprint density at radius 3 is 1.94 bits per heavy atom. The lowest BCUT2D eigenvalue weighted by molar-refractivity contribution is 0.0736. The lowest BCUT2D eigenvalue weighted by Gasteiger charge is -2.15. The van der Waals surface area contributed by atoms with Gasteiger partial charge < -0.3 is 23.7 Å². The second-order valence-corrected chi connectivity index (χ2v) is 7.24. The molecule has 0 radical (unpaired) electrons. The number of fused-ring (bicyclic) bond motifs is 1. The quantitative estimate of drug-likeness (QED) is 0.301. The van der Waals surface area contributed by atoms with Gasteiger partial charge in [0.25, 0.3) is 5.56 Å². The van der Waals surface area contributed by atoms with Crippen LogP contribution in [0.5, 0.6) is 28.7 Å². The molecule has 0 aliphatic rings. The molecule has 0 aliphatic carbocycles. The van der Waals surface area contributed by atoms with Gasteiger partial charge in [0.2, 0.25) is 0 Å². The van der Waals surface area contributed by atoms with E-state index in [9.17, 15) is 9.59 Å². The van der Waals surface area contributed by atoms with E-state index in [1.54, 1.807) is 67.8 Å². The van der Waals surface area contributed by atoms with Gasteiger partial charge in [-0.1, -0.05) is 6.07 Å². The maximum atomic E-state index is 13.4. The Labute approximate surface area is 195 Å². The molecule has 34 heavy (non-hydrogen) atoms. The second kappa shape index (κ2) is 9.58. The third-order valence-electron chi connectivity index (χ3n) is 5.34. The first kappa shape index (κ1) is 22.7. The number of benzene rings is 3. The van der Waals surface area contributed by atoms with Gasteiger partial charge in [-0.25, -0.2) is 4.79 Å². The van der Waals surface area contributed by atoms with Gasteiger partial charge in [-0.3, -0.25) is 9.36 Å². The molecule has 4 aromatic rings. The minimum atomic E-state index is -0.646. The number of ether oxygens (including phenoxy) is 5. The highest BCUT2D eigenvalue weighted by molar-refractivity contribution is 6.05. The average Bonchev–Trinajstić information content (AvgIpc) is 2.88. The third-order valence-corrected chi connectivity index (χ3v) is 5.34. The van der Waals surface area contributed by atoms with Crippen LogP contribution >= 0.6 is 0 Å². The van der Waals surface area contributed by atoms with E-state index in [-0.39, 0.29) is 16.5 Å². The lowest BCUT2D eigenvalue weighted by atomic mass is 10.1. The summed E-state index contributed by atoms with van der Waals surface area (Å²) in [5.41, 5.74) is 0.395. The van der Waals surface area contributed by atoms with E-state index < -0.39 is 5.97 Å². The summed E-state index contributed by atoms with van der Waals surface area (Å²) in [6.07, 6.45) is 1.46. The molecule has 0 N–H and O–H groups in total. The summed E-state index contributed by atoms with van der Waals surface area (Å²) in [5.74, 6) is 1.60. The van der Waals surface area contributed by atoms with E-state index in [0.29, 0.717) is 39.8 Å². The van der Waals surface area contributed by atoms with Gasteiger partial charge in [0, 0.05) is 23.3 Å². The molecule has 0 saturated carbocycles. The van der Waals surface area contributed by atoms with Gasteiger partial charge >= 0.3 is 5.97 Å². The van der Waals surface area contributed by atoms with Crippen molar-refractivity contribution < 1.29 is 28.5 Å². The Balaban J connectivity index is 1.92. The zero-order valence-corrected chi connectivity index (χ0v) is 19.2. The number of nitrogens with zero attached hydrogens (tertiary/aromatic N) is 1. The molecule has 0 aliphatic heterocycles. The fourth-order valence-corrected chi connectivity index (χ4v) is 3.59. The van der Waals surface area contributed by atoms with Gasteiger partial charge in [0.05, 0.1) is 39.4 Å². The van der Waals surface area contributed by atoms with Gasteiger partial charge in [-0.2, -0.15) is 0 Å². The first-order valence-corrected chi connectivity index (χ1v) is 10.3. The number of carbonyl (C=O) groups is 1. The summed E-state index contributed by atoms with van der Waals surface area (Å²) in [6, 6.07) is 16.8. The van der Waals surface area contributed by atoms with E-state index in [0.717, 1.165) is 0 Å². The summed E-state index contributed by atoms with van der Waals surface area (Å²) in [6.45, 7) is 0. The van der Waals surface area contributed by atoms with Crippen LogP contribution in [0.1, 0.15) is 10.4 Å². The van der Waals surface area contributed by atoms with E-state index in [1.807, 2.05) is 0 Å². The Morgan fingerprint density at radius 1 is 0.706 bits per heavy atom. The van der Waals surface area contributed by atoms with Crippen molar-refractivity contribution in [2.24, 2.45) is 0 Å². The zero-order valence-electron chi connectivity index (χ0n) is 19.2. The lowest BCUT2D eigenvalue weighted by Crippen LogP contribution is -2.22. The number of esters is 1. The van der Waals surface area contributed by atoms with E-state index in [2.05, 4.69) is 0 Å². The monoisotopic (exact) mass is 461 g/mol. The molecule has 8 heteroatoms. The zero-order chi connectivity index (χ0) is 24.2. The van der Waals surface area contributed by atoms with Crippen molar-refractivity contribution in [2.45, 2.75) is 0 Å². The smallest absolute Gasteiger partial charge is 0.345 e. The summed E-state index contributed by atoms with van der Waals surface area (Å²) in [5, 5.41) is 0.647. The first-order chi connectivity index (χ1) is 16.5. The molecule has 4 rings (SSSR count). The molecule has 0 bridgehead atoms. The third kappa shape index (κ3) is 4.25. The first-order valence-electron chi connectivity index (χ1n) is 10.3. The standard InChI is InChI=1S/C26H23NO7/c1-30-17-10-8-16(9-11-17)27-15-22(26(29)34-19-7-5-6-18(12-19)31-2)20-13-23(32-3)24(33-4)14-21(20)25(27)28/h5-15H,1-4H3. The predicted molar refractivity (Wildman–Crippen MR) is 127 cm³/mol. The number of hydrogen-bond acceptors (Lipinski definition) is 7. The van der Waals surface area contributed by atoms with E-state index in [4.69, 9.17) is 23.7 Å². The minimum absolute atomic E-state index is 0.175. The van der Waals surface area contributed by atoms with Gasteiger partial charge in [0.15, 0.2) is 11.5 Å². The highest BCUT2D eigenvalue weighted by Gasteiger charge is 2.20. The van der Waals surface area contributed by atoms with E-state index >= 15 is 0 Å². The molecular weight excluding hydrogens is 438 g/mol. The summed E-state index contributed by atoms with van der Waals surface area (Å²) < 4.78 is 28.2. The van der Waals surface area contributed by atoms with Crippen LogP contribution in [0.15, 0.2) is 71.7 Å². The second-order valence-electron chi connectivity index (χ2n) is 7.24. The van der Waals surface area contributed by atoms with Crippen LogP contribution in [0.4, 0.5) is 0 Å². The molecular formula is C26H23NO7. The normalized spacial score (nSPS) is 10.6. The van der Waals surface area contributed by atoms with Crippen molar-refractivity contribution in [1.82, 2.24) is 4.57 Å². The van der Waals surface area contributed by atoms with Crippen LogP contribution in [0.25, 0.3) is 16.5 Å². The summed E-state index contributed by atoms with van der Waals surface area (Å²) in [7, 11) is 6.05.